The molecule has 5 heteroatoms. The lowest BCUT2D eigenvalue weighted by Gasteiger charge is -2.23. The highest BCUT2D eigenvalue weighted by Crippen LogP contribution is 2.37. The molecule has 0 aromatic heterocycles. The normalized spacial score (nSPS) is 18.4. The van der Waals surface area contributed by atoms with Crippen LogP contribution in [0.4, 0.5) is 0 Å². The molecule has 2 unspecified atom stereocenters. The van der Waals surface area contributed by atoms with Crippen molar-refractivity contribution < 1.29 is 13.7 Å². The van der Waals surface area contributed by atoms with Crippen molar-refractivity contribution >= 4 is 28.4 Å². The van der Waals surface area contributed by atoms with E-state index in [2.05, 4.69) is 6.07 Å². The Kier molecular flexibility index (Phi) is 7.09. The van der Waals surface area contributed by atoms with E-state index in [1.165, 1.54) is 37.7 Å². The molecule has 0 bridgehead atoms. The molecule has 0 aliphatic heterocycles. The fourth-order valence-corrected chi connectivity index (χ4v) is 4.50. The van der Waals surface area contributed by atoms with Gasteiger partial charge in [-0.3, -0.25) is 9.00 Å². The summed E-state index contributed by atoms with van der Waals surface area (Å²) in [6.07, 6.45) is 6.24. The van der Waals surface area contributed by atoms with E-state index in [0.717, 1.165) is 10.6 Å². The van der Waals surface area contributed by atoms with Gasteiger partial charge in [0.2, 0.25) is 0 Å². The van der Waals surface area contributed by atoms with E-state index in [-0.39, 0.29) is 11.0 Å². The number of rotatable bonds is 6. The minimum Gasteiger partial charge on any atom is -0.465 e. The number of carbonyl (C=O) groups is 1. The first-order valence-electron chi connectivity index (χ1n) is 8.35. The summed E-state index contributed by atoms with van der Waals surface area (Å²) >= 11 is 6.48. The topological polar surface area (TPSA) is 43.4 Å². The predicted octanol–water partition coefficient (Wildman–Crippen LogP) is 4.76. The van der Waals surface area contributed by atoms with E-state index in [1.807, 2.05) is 19.1 Å². The zero-order chi connectivity index (χ0) is 16.8. The first-order chi connectivity index (χ1) is 11.0. The van der Waals surface area contributed by atoms with E-state index >= 15 is 0 Å². The Labute approximate surface area is 146 Å². The fraction of sp³-hybridized carbons (Fsp3) is 0.611. The molecule has 3 nitrogen and oxygen atoms in total. The van der Waals surface area contributed by atoms with Crippen molar-refractivity contribution in [2.45, 2.75) is 57.1 Å². The van der Waals surface area contributed by atoms with Gasteiger partial charge < -0.3 is 4.74 Å². The molecule has 1 fully saturated rings. The molecule has 0 amide bonds. The summed E-state index contributed by atoms with van der Waals surface area (Å²) in [6.45, 7) is 3.92. The van der Waals surface area contributed by atoms with Gasteiger partial charge in [0.1, 0.15) is 5.75 Å². The molecule has 0 heterocycles. The van der Waals surface area contributed by atoms with Crippen LogP contribution in [0.15, 0.2) is 18.2 Å². The molecular weight excluding hydrogens is 332 g/mol. The van der Waals surface area contributed by atoms with Crippen LogP contribution in [-0.2, 0) is 20.3 Å². The molecular formula is C18H25ClO3S. The molecule has 1 aromatic rings. The Morgan fingerprint density at radius 3 is 2.65 bits per heavy atom. The third-order valence-electron chi connectivity index (χ3n) is 4.50. The summed E-state index contributed by atoms with van der Waals surface area (Å²) in [5.41, 5.74) is 2.12. The maximum Gasteiger partial charge on any atom is 0.318 e. The number of hydrogen-bond donors (Lipinski definition) is 0. The lowest BCUT2D eigenvalue weighted by atomic mass is 9.84. The first-order valence-corrected chi connectivity index (χ1v) is 10.1. The minimum atomic E-state index is -1.30. The molecule has 1 aliphatic rings. The molecule has 1 saturated carbocycles. The smallest absolute Gasteiger partial charge is 0.318 e. The van der Waals surface area contributed by atoms with E-state index < -0.39 is 16.8 Å². The van der Waals surface area contributed by atoms with Gasteiger partial charge >= 0.3 is 5.97 Å². The van der Waals surface area contributed by atoms with Crippen LogP contribution in [0.2, 0.25) is 5.02 Å². The SMILES string of the molecule is CCOC(=O)CS(=O)C(C)c1ccc(C2CCCCC2)c(Cl)c1. The van der Waals surface area contributed by atoms with Gasteiger partial charge in [0.15, 0.2) is 0 Å². The van der Waals surface area contributed by atoms with Crippen LogP contribution in [0.5, 0.6) is 0 Å². The summed E-state index contributed by atoms with van der Waals surface area (Å²) in [4.78, 5) is 11.5. The van der Waals surface area contributed by atoms with Crippen LogP contribution in [-0.4, -0.2) is 22.5 Å². The first kappa shape index (κ1) is 18.5. The van der Waals surface area contributed by atoms with Gasteiger partial charge in [-0.15, -0.1) is 0 Å². The summed E-state index contributed by atoms with van der Waals surface area (Å²) in [7, 11) is -1.30. The van der Waals surface area contributed by atoms with Gasteiger partial charge in [0.25, 0.3) is 0 Å². The summed E-state index contributed by atoms with van der Waals surface area (Å²) in [5, 5.41) is 0.520. The standard InChI is InChI=1S/C18H25ClO3S/c1-3-22-18(20)12-23(21)13(2)15-9-10-16(17(19)11-15)14-7-5-4-6-8-14/h9-11,13-14H,3-8,12H2,1-2H3. The Morgan fingerprint density at radius 1 is 1.35 bits per heavy atom. The third kappa shape index (κ3) is 5.05. The van der Waals surface area contributed by atoms with Crippen molar-refractivity contribution in [1.29, 1.82) is 0 Å². The molecule has 23 heavy (non-hydrogen) atoms. The maximum absolute atomic E-state index is 12.3. The van der Waals surface area contributed by atoms with E-state index in [0.29, 0.717) is 12.5 Å². The third-order valence-corrected chi connectivity index (χ3v) is 6.41. The van der Waals surface area contributed by atoms with Crippen molar-refractivity contribution in [3.63, 3.8) is 0 Å². The molecule has 0 saturated heterocycles. The van der Waals surface area contributed by atoms with Crippen molar-refractivity contribution in [1.82, 2.24) is 0 Å². The highest BCUT2D eigenvalue weighted by molar-refractivity contribution is 7.85. The lowest BCUT2D eigenvalue weighted by Crippen LogP contribution is -2.17. The van der Waals surface area contributed by atoms with Crippen LogP contribution < -0.4 is 0 Å². The Morgan fingerprint density at radius 2 is 2.04 bits per heavy atom. The van der Waals surface area contributed by atoms with E-state index in [1.54, 1.807) is 6.92 Å². The second kappa shape index (κ2) is 8.84. The number of esters is 1. The monoisotopic (exact) mass is 356 g/mol. The van der Waals surface area contributed by atoms with Crippen molar-refractivity contribution in [2.75, 3.05) is 12.4 Å². The van der Waals surface area contributed by atoms with Gasteiger partial charge in [0.05, 0.1) is 11.9 Å². The summed E-state index contributed by atoms with van der Waals surface area (Å²) < 4.78 is 17.2. The van der Waals surface area contributed by atoms with Gasteiger partial charge in [-0.25, -0.2) is 0 Å². The second-order valence-electron chi connectivity index (χ2n) is 6.09. The fourth-order valence-electron chi connectivity index (χ4n) is 3.14. The van der Waals surface area contributed by atoms with Gasteiger partial charge in [-0.1, -0.05) is 43.0 Å². The van der Waals surface area contributed by atoms with Crippen molar-refractivity contribution in [3.05, 3.63) is 34.3 Å². The number of ether oxygens (including phenoxy) is 1. The average molecular weight is 357 g/mol. The molecule has 0 spiro atoms. The molecule has 1 aliphatic carbocycles. The highest BCUT2D eigenvalue weighted by Gasteiger charge is 2.21. The summed E-state index contributed by atoms with van der Waals surface area (Å²) in [5.74, 6) is 0.0602. The zero-order valence-electron chi connectivity index (χ0n) is 13.8. The van der Waals surface area contributed by atoms with Gasteiger partial charge in [-0.2, -0.15) is 0 Å². The van der Waals surface area contributed by atoms with E-state index in [4.69, 9.17) is 16.3 Å². The number of halogens is 1. The number of benzene rings is 1. The minimum absolute atomic E-state index is 0.0724. The molecule has 0 radical (unpaired) electrons. The number of carbonyl (C=O) groups excluding carboxylic acids is 1. The van der Waals surface area contributed by atoms with E-state index in [9.17, 15) is 9.00 Å². The summed E-state index contributed by atoms with van der Waals surface area (Å²) in [6, 6.07) is 5.99. The predicted molar refractivity (Wildman–Crippen MR) is 95.3 cm³/mol. The molecule has 1 aromatic carbocycles. The molecule has 128 valence electrons. The molecule has 2 atom stereocenters. The maximum atomic E-state index is 12.3. The van der Waals surface area contributed by atoms with Crippen molar-refractivity contribution in [3.8, 4) is 0 Å². The second-order valence-corrected chi connectivity index (χ2v) is 8.25. The number of hydrogen-bond acceptors (Lipinski definition) is 3. The Balaban J connectivity index is 2.06. The van der Waals surface area contributed by atoms with Crippen LogP contribution >= 0.6 is 11.6 Å². The Bertz CT molecular complexity index is 567. The lowest BCUT2D eigenvalue weighted by molar-refractivity contribution is -0.139. The van der Waals surface area contributed by atoms with Gasteiger partial charge in [0, 0.05) is 15.8 Å². The quantitative estimate of drug-likeness (QED) is 0.690. The van der Waals surface area contributed by atoms with Crippen LogP contribution in [0.25, 0.3) is 0 Å². The average Bonchev–Trinajstić information content (AvgIpc) is 2.55. The van der Waals surface area contributed by atoms with Crippen molar-refractivity contribution in [2.24, 2.45) is 0 Å². The van der Waals surface area contributed by atoms with Gasteiger partial charge in [-0.05, 0) is 49.8 Å². The Hall–Kier alpha value is -0.870. The molecule has 2 rings (SSSR count). The van der Waals surface area contributed by atoms with Crippen LogP contribution in [0.1, 0.15) is 68.2 Å². The largest absolute Gasteiger partial charge is 0.465 e. The highest BCUT2D eigenvalue weighted by atomic mass is 35.5. The van der Waals surface area contributed by atoms with Crippen LogP contribution in [0, 0.1) is 0 Å². The zero-order valence-corrected chi connectivity index (χ0v) is 15.4. The molecule has 0 N–H and O–H groups in total. The van der Waals surface area contributed by atoms with Crippen LogP contribution in [0.3, 0.4) is 0 Å².